The van der Waals surface area contributed by atoms with Crippen LogP contribution >= 0.6 is 0 Å². The normalized spacial score (nSPS) is 40.5. The summed E-state index contributed by atoms with van der Waals surface area (Å²) in [7, 11) is 4.12. The standard InChI is InChI=1S/C21H32O5.C8H17N3/c1-19-7-5-13(23)9-12(19)3-4-14-15-6-8-21(26,17(25)11-22)20(15,2)10-16(24)18(14)19;1-4-9-8-10-6-5-7-11(2)3/h12-15,18,22-23,26H,3-11H2,1-2H3;4-7H2,1-3H3/t12-,13-,14+,15+,18-,19+,20+,21+;/m1./s1. The van der Waals surface area contributed by atoms with Gasteiger partial charge in [0.25, 0.3) is 0 Å². The fraction of sp³-hybridized carbons (Fsp3) is 0.897. The Morgan fingerprint density at radius 2 is 1.86 bits per heavy atom. The molecule has 0 aromatic heterocycles. The van der Waals surface area contributed by atoms with Crippen LogP contribution < -0.4 is 0 Å². The van der Waals surface area contributed by atoms with Crippen LogP contribution in [0.4, 0.5) is 0 Å². The number of ketones is 2. The lowest BCUT2D eigenvalue weighted by Gasteiger charge is -2.60. The highest BCUT2D eigenvalue weighted by molar-refractivity contribution is 5.92. The number of fused-ring (bicyclic) bond motifs is 5. The van der Waals surface area contributed by atoms with Gasteiger partial charge in [0.05, 0.1) is 18.7 Å². The zero-order chi connectivity index (χ0) is 27.4. The minimum Gasteiger partial charge on any atom is -0.393 e. The maximum absolute atomic E-state index is 13.4. The van der Waals surface area contributed by atoms with E-state index in [4.69, 9.17) is 0 Å². The quantitative estimate of drug-likeness (QED) is 0.351. The first kappa shape index (κ1) is 30.1. The number of rotatable bonds is 7. The smallest absolute Gasteiger partial charge is 0.190 e. The molecule has 0 aromatic carbocycles. The molecule has 3 N–H and O–H groups in total. The first-order valence-electron chi connectivity index (χ1n) is 14.2. The van der Waals surface area contributed by atoms with Gasteiger partial charge in [0.1, 0.15) is 18.0 Å². The van der Waals surface area contributed by atoms with Crippen LogP contribution in [0.5, 0.6) is 0 Å². The molecule has 0 aliphatic heterocycles. The number of nitrogens with zero attached hydrogens (tertiary/aromatic N) is 3. The summed E-state index contributed by atoms with van der Waals surface area (Å²) in [6.07, 6.45) is 6.56. The molecule has 8 atom stereocenters. The van der Waals surface area contributed by atoms with Gasteiger partial charge in [-0.05, 0) is 102 Å². The van der Waals surface area contributed by atoms with E-state index in [-0.39, 0.29) is 41.5 Å². The van der Waals surface area contributed by atoms with Gasteiger partial charge in [0.15, 0.2) is 5.78 Å². The van der Waals surface area contributed by atoms with Crippen molar-refractivity contribution in [2.24, 2.45) is 44.5 Å². The van der Waals surface area contributed by atoms with Crippen molar-refractivity contribution in [3.8, 4) is 0 Å². The first-order valence-corrected chi connectivity index (χ1v) is 14.2. The predicted octanol–water partition coefficient (Wildman–Crippen LogP) is 2.99. The second-order valence-electron chi connectivity index (χ2n) is 12.6. The van der Waals surface area contributed by atoms with E-state index >= 15 is 0 Å². The van der Waals surface area contributed by atoms with Crippen molar-refractivity contribution in [3.63, 3.8) is 0 Å². The lowest BCUT2D eigenvalue weighted by Crippen LogP contribution is -2.62. The molecule has 4 saturated carbocycles. The highest BCUT2D eigenvalue weighted by Gasteiger charge is 2.68. The van der Waals surface area contributed by atoms with Crippen molar-refractivity contribution in [2.75, 3.05) is 40.3 Å². The minimum atomic E-state index is -1.58. The van der Waals surface area contributed by atoms with E-state index < -0.39 is 23.4 Å². The third kappa shape index (κ3) is 5.79. The highest BCUT2D eigenvalue weighted by Crippen LogP contribution is 2.67. The number of aliphatic imine (C=N–C) groups is 2. The number of hydrogen-bond donors (Lipinski definition) is 3. The Hall–Kier alpha value is -1.44. The fourth-order valence-electron chi connectivity index (χ4n) is 8.28. The molecule has 8 heteroatoms. The fourth-order valence-corrected chi connectivity index (χ4v) is 8.28. The third-order valence-electron chi connectivity index (χ3n) is 10.3. The molecule has 210 valence electrons. The van der Waals surface area contributed by atoms with Gasteiger partial charge in [-0.3, -0.25) is 9.59 Å². The summed E-state index contributed by atoms with van der Waals surface area (Å²) in [4.78, 5) is 35.7. The van der Waals surface area contributed by atoms with E-state index in [1.165, 1.54) is 0 Å². The molecule has 0 unspecified atom stereocenters. The maximum atomic E-state index is 13.4. The molecular weight excluding hydrogens is 470 g/mol. The van der Waals surface area contributed by atoms with Crippen LogP contribution in [-0.4, -0.2) is 89.8 Å². The predicted molar refractivity (Wildman–Crippen MR) is 144 cm³/mol. The largest absolute Gasteiger partial charge is 0.393 e. The second-order valence-corrected chi connectivity index (χ2v) is 12.6. The van der Waals surface area contributed by atoms with Crippen molar-refractivity contribution >= 4 is 17.6 Å². The number of carbonyl (C=O) groups excluding carboxylic acids is 2. The Morgan fingerprint density at radius 1 is 1.14 bits per heavy atom. The molecule has 0 heterocycles. The minimum absolute atomic E-state index is 0.0154. The van der Waals surface area contributed by atoms with Crippen LogP contribution in [0.1, 0.15) is 78.6 Å². The summed E-state index contributed by atoms with van der Waals surface area (Å²) >= 11 is 0. The number of Topliss-reactive ketones (excluding diaryl/α,β-unsaturated/α-hetero) is 2. The summed E-state index contributed by atoms with van der Waals surface area (Å²) in [6, 6.07) is 2.64. The number of aliphatic hydroxyl groups excluding tert-OH is 2. The Morgan fingerprint density at radius 3 is 2.51 bits per heavy atom. The van der Waals surface area contributed by atoms with Crippen molar-refractivity contribution in [2.45, 2.75) is 90.3 Å². The van der Waals surface area contributed by atoms with Crippen molar-refractivity contribution < 1.29 is 24.9 Å². The zero-order valence-electron chi connectivity index (χ0n) is 23.6. The van der Waals surface area contributed by atoms with E-state index in [0.717, 1.165) is 64.6 Å². The van der Waals surface area contributed by atoms with Gasteiger partial charge in [-0.1, -0.05) is 13.8 Å². The molecule has 0 bridgehead atoms. The molecule has 4 aliphatic rings. The summed E-state index contributed by atoms with van der Waals surface area (Å²) in [5.74, 6) is 0.380. The van der Waals surface area contributed by atoms with Gasteiger partial charge in [0.2, 0.25) is 0 Å². The Balaban J connectivity index is 0.000000295. The maximum Gasteiger partial charge on any atom is 0.190 e. The molecule has 4 rings (SSSR count). The topological polar surface area (TPSA) is 123 Å². The summed E-state index contributed by atoms with van der Waals surface area (Å²) in [6.45, 7) is 8.13. The molecule has 0 aromatic rings. The number of aliphatic hydroxyl groups is 3. The van der Waals surface area contributed by atoms with E-state index in [0.29, 0.717) is 12.3 Å². The Labute approximate surface area is 222 Å². The van der Waals surface area contributed by atoms with E-state index in [9.17, 15) is 24.9 Å². The summed E-state index contributed by atoms with van der Waals surface area (Å²) < 4.78 is 0. The van der Waals surface area contributed by atoms with Gasteiger partial charge >= 0.3 is 0 Å². The molecule has 8 nitrogen and oxygen atoms in total. The van der Waals surface area contributed by atoms with Gasteiger partial charge in [0, 0.05) is 24.3 Å². The van der Waals surface area contributed by atoms with Crippen LogP contribution in [0.15, 0.2) is 9.98 Å². The molecule has 37 heavy (non-hydrogen) atoms. The monoisotopic (exact) mass is 519 g/mol. The lowest BCUT2D eigenvalue weighted by atomic mass is 9.44. The van der Waals surface area contributed by atoms with E-state index in [1.54, 1.807) is 0 Å². The molecular formula is C29H49N3O5. The van der Waals surface area contributed by atoms with Gasteiger partial charge in [-0.2, -0.15) is 0 Å². The first-order chi connectivity index (χ1) is 17.4. The Kier molecular flexibility index (Phi) is 9.90. The van der Waals surface area contributed by atoms with Crippen LogP contribution in [0.2, 0.25) is 0 Å². The highest BCUT2D eigenvalue weighted by atomic mass is 16.3. The molecule has 0 spiro atoms. The number of hydrogen-bond acceptors (Lipinski definition) is 8. The second kappa shape index (κ2) is 12.2. The SMILES string of the molecule is CCN=C=NCCCN(C)C.C[C@]12CC[C@@H](O)C[C@H]1CC[C@@H]1[C@@H]2C(=O)C[C@@]2(C)[C@H]1CC[C@]2(O)C(=O)CO. The summed E-state index contributed by atoms with van der Waals surface area (Å²) in [5, 5.41) is 30.6. The molecule has 4 aliphatic carbocycles. The van der Waals surface area contributed by atoms with Gasteiger partial charge in [-0.15, -0.1) is 0 Å². The molecule has 0 amide bonds. The molecule has 0 saturated heterocycles. The average Bonchev–Trinajstić information content (AvgIpc) is 3.12. The Bertz CT molecular complexity index is 887. The van der Waals surface area contributed by atoms with Gasteiger partial charge in [-0.25, -0.2) is 9.98 Å². The van der Waals surface area contributed by atoms with E-state index in [1.807, 2.05) is 13.8 Å². The van der Waals surface area contributed by atoms with Crippen LogP contribution in [0.3, 0.4) is 0 Å². The van der Waals surface area contributed by atoms with Crippen molar-refractivity contribution in [1.82, 2.24) is 4.90 Å². The van der Waals surface area contributed by atoms with E-state index in [2.05, 4.69) is 41.9 Å². The van der Waals surface area contributed by atoms with Crippen LogP contribution in [-0.2, 0) is 9.59 Å². The average molecular weight is 520 g/mol. The van der Waals surface area contributed by atoms with Crippen LogP contribution in [0, 0.1) is 34.5 Å². The van der Waals surface area contributed by atoms with Crippen molar-refractivity contribution in [3.05, 3.63) is 0 Å². The van der Waals surface area contributed by atoms with Crippen LogP contribution in [0.25, 0.3) is 0 Å². The summed E-state index contributed by atoms with van der Waals surface area (Å²) in [5.41, 5.74) is -2.40. The zero-order valence-corrected chi connectivity index (χ0v) is 23.6. The third-order valence-corrected chi connectivity index (χ3v) is 10.3. The van der Waals surface area contributed by atoms with Crippen molar-refractivity contribution in [1.29, 1.82) is 0 Å². The lowest BCUT2D eigenvalue weighted by molar-refractivity contribution is -0.180. The number of carbonyl (C=O) groups is 2. The molecule has 0 radical (unpaired) electrons. The molecule has 4 fully saturated rings. The van der Waals surface area contributed by atoms with Gasteiger partial charge < -0.3 is 20.2 Å².